The minimum atomic E-state index is 0.978. The molecule has 1 aliphatic rings. The van der Waals surface area contributed by atoms with Gasteiger partial charge in [-0.15, -0.1) is 11.3 Å². The van der Waals surface area contributed by atoms with E-state index in [9.17, 15) is 0 Å². The Morgan fingerprint density at radius 2 is 2.37 bits per heavy atom. The standard InChI is InChI=1S/C14H18N4S/c1-3-8-18(2)14-17-12(9-19-14)10-4-6-15-13-11(10)5-7-16-13/h4,6,9H,3,5,7-8H2,1-2H3,(H,15,16). The molecule has 0 amide bonds. The molecule has 2 aromatic heterocycles. The van der Waals surface area contributed by atoms with Gasteiger partial charge in [0.2, 0.25) is 0 Å². The zero-order valence-electron chi connectivity index (χ0n) is 11.3. The molecule has 0 aliphatic carbocycles. The van der Waals surface area contributed by atoms with E-state index in [1.165, 1.54) is 11.1 Å². The van der Waals surface area contributed by atoms with Crippen LogP contribution in [-0.2, 0) is 6.42 Å². The number of hydrogen-bond acceptors (Lipinski definition) is 5. The van der Waals surface area contributed by atoms with Crippen LogP contribution in [0.5, 0.6) is 0 Å². The number of pyridine rings is 1. The average Bonchev–Trinajstić information content (AvgIpc) is 3.07. The van der Waals surface area contributed by atoms with Crippen LogP contribution in [0.3, 0.4) is 0 Å². The van der Waals surface area contributed by atoms with E-state index >= 15 is 0 Å². The van der Waals surface area contributed by atoms with Crippen molar-refractivity contribution in [1.29, 1.82) is 0 Å². The van der Waals surface area contributed by atoms with Crippen molar-refractivity contribution in [2.24, 2.45) is 0 Å². The third-order valence-electron chi connectivity index (χ3n) is 3.38. The van der Waals surface area contributed by atoms with Crippen LogP contribution >= 0.6 is 11.3 Å². The van der Waals surface area contributed by atoms with E-state index in [0.29, 0.717) is 0 Å². The van der Waals surface area contributed by atoms with E-state index < -0.39 is 0 Å². The van der Waals surface area contributed by atoms with Gasteiger partial charge in [-0.1, -0.05) is 6.92 Å². The lowest BCUT2D eigenvalue weighted by atomic mass is 10.1. The Morgan fingerprint density at radius 3 is 3.21 bits per heavy atom. The summed E-state index contributed by atoms with van der Waals surface area (Å²) in [5.41, 5.74) is 3.60. The highest BCUT2D eigenvalue weighted by Gasteiger charge is 2.18. The minimum absolute atomic E-state index is 0.978. The molecule has 3 rings (SSSR count). The van der Waals surface area contributed by atoms with Crippen LogP contribution in [0.25, 0.3) is 11.3 Å². The molecule has 0 saturated heterocycles. The van der Waals surface area contributed by atoms with Gasteiger partial charge < -0.3 is 10.2 Å². The topological polar surface area (TPSA) is 41.1 Å². The lowest BCUT2D eigenvalue weighted by Crippen LogP contribution is -2.17. The van der Waals surface area contributed by atoms with Gasteiger partial charge in [0.25, 0.3) is 0 Å². The smallest absolute Gasteiger partial charge is 0.185 e. The van der Waals surface area contributed by atoms with Gasteiger partial charge >= 0.3 is 0 Å². The highest BCUT2D eigenvalue weighted by molar-refractivity contribution is 7.14. The first-order valence-corrected chi connectivity index (χ1v) is 7.56. The van der Waals surface area contributed by atoms with Gasteiger partial charge in [-0.05, 0) is 18.9 Å². The van der Waals surface area contributed by atoms with E-state index in [0.717, 1.165) is 42.6 Å². The highest BCUT2D eigenvalue weighted by atomic mass is 32.1. The molecule has 0 atom stereocenters. The summed E-state index contributed by atoms with van der Waals surface area (Å²) in [6.07, 6.45) is 4.04. The Labute approximate surface area is 117 Å². The first kappa shape index (κ1) is 12.4. The molecule has 4 nitrogen and oxygen atoms in total. The maximum Gasteiger partial charge on any atom is 0.185 e. The Balaban J connectivity index is 1.93. The lowest BCUT2D eigenvalue weighted by molar-refractivity contribution is 0.848. The molecule has 3 heterocycles. The van der Waals surface area contributed by atoms with Crippen LogP contribution in [0, 0.1) is 0 Å². The number of nitrogens with zero attached hydrogens (tertiary/aromatic N) is 3. The monoisotopic (exact) mass is 274 g/mol. The molecule has 0 unspecified atom stereocenters. The minimum Gasteiger partial charge on any atom is -0.369 e. The Morgan fingerprint density at radius 1 is 1.47 bits per heavy atom. The van der Waals surface area contributed by atoms with Crippen molar-refractivity contribution in [2.45, 2.75) is 19.8 Å². The van der Waals surface area contributed by atoms with Crippen LogP contribution in [0.2, 0.25) is 0 Å². The van der Waals surface area contributed by atoms with Crippen molar-refractivity contribution >= 4 is 22.3 Å². The largest absolute Gasteiger partial charge is 0.369 e. The van der Waals surface area contributed by atoms with Crippen molar-refractivity contribution in [1.82, 2.24) is 9.97 Å². The van der Waals surface area contributed by atoms with Gasteiger partial charge in [-0.25, -0.2) is 9.97 Å². The maximum absolute atomic E-state index is 4.77. The fourth-order valence-corrected chi connectivity index (χ4v) is 3.26. The molecule has 5 heteroatoms. The average molecular weight is 274 g/mol. The zero-order chi connectivity index (χ0) is 13.2. The van der Waals surface area contributed by atoms with Gasteiger partial charge in [0.15, 0.2) is 5.13 Å². The fourth-order valence-electron chi connectivity index (χ4n) is 2.44. The summed E-state index contributed by atoms with van der Waals surface area (Å²) in [7, 11) is 2.10. The van der Waals surface area contributed by atoms with Gasteiger partial charge in [-0.3, -0.25) is 0 Å². The normalized spacial score (nSPS) is 13.2. The molecule has 1 N–H and O–H groups in total. The van der Waals surface area contributed by atoms with Crippen molar-refractivity contribution in [3.63, 3.8) is 0 Å². The molecule has 19 heavy (non-hydrogen) atoms. The van der Waals surface area contributed by atoms with E-state index in [-0.39, 0.29) is 0 Å². The van der Waals surface area contributed by atoms with Crippen molar-refractivity contribution < 1.29 is 0 Å². The molecule has 0 spiro atoms. The van der Waals surface area contributed by atoms with Crippen molar-refractivity contribution in [2.75, 3.05) is 30.4 Å². The predicted octanol–water partition coefficient (Wildman–Crippen LogP) is 3.02. The number of nitrogens with one attached hydrogen (secondary N) is 1. The SMILES string of the molecule is CCCN(C)c1nc(-c2ccnc3c2CCN3)cs1. The van der Waals surface area contributed by atoms with E-state index in [1.807, 2.05) is 6.20 Å². The second-order valence-corrected chi connectivity index (χ2v) is 5.64. The first-order chi connectivity index (χ1) is 9.29. The van der Waals surface area contributed by atoms with Crippen LogP contribution in [-0.4, -0.2) is 30.1 Å². The third kappa shape index (κ3) is 2.30. The summed E-state index contributed by atoms with van der Waals surface area (Å²) in [5.74, 6) is 1.02. The summed E-state index contributed by atoms with van der Waals surface area (Å²) >= 11 is 1.71. The zero-order valence-corrected chi connectivity index (χ0v) is 12.1. The number of anilines is 2. The molecular formula is C14H18N4S. The summed E-state index contributed by atoms with van der Waals surface area (Å²) < 4.78 is 0. The molecule has 0 saturated carbocycles. The summed E-state index contributed by atoms with van der Waals surface area (Å²) in [4.78, 5) is 11.4. The Hall–Kier alpha value is -1.62. The molecule has 0 fully saturated rings. The summed E-state index contributed by atoms with van der Waals surface area (Å²) in [5, 5.41) is 6.55. The number of thiazole rings is 1. The second-order valence-electron chi connectivity index (χ2n) is 4.80. The Kier molecular flexibility index (Phi) is 3.38. The van der Waals surface area contributed by atoms with Crippen LogP contribution in [0.4, 0.5) is 10.9 Å². The highest BCUT2D eigenvalue weighted by Crippen LogP contribution is 2.33. The number of rotatable bonds is 4. The second kappa shape index (κ2) is 5.17. The summed E-state index contributed by atoms with van der Waals surface area (Å²) in [6.45, 7) is 4.21. The quantitative estimate of drug-likeness (QED) is 0.930. The Bertz CT molecular complexity index is 579. The fraction of sp³-hybridized carbons (Fsp3) is 0.429. The molecule has 0 aromatic carbocycles. The van der Waals surface area contributed by atoms with Crippen molar-refractivity contribution in [3.05, 3.63) is 23.2 Å². The van der Waals surface area contributed by atoms with Gasteiger partial charge in [0.1, 0.15) is 5.82 Å². The molecule has 0 bridgehead atoms. The van der Waals surface area contributed by atoms with Gasteiger partial charge in [-0.2, -0.15) is 0 Å². The molecule has 100 valence electrons. The van der Waals surface area contributed by atoms with E-state index in [4.69, 9.17) is 4.98 Å². The number of aromatic nitrogens is 2. The number of fused-ring (bicyclic) bond motifs is 1. The van der Waals surface area contributed by atoms with E-state index in [1.54, 1.807) is 11.3 Å². The predicted molar refractivity (Wildman–Crippen MR) is 81.1 cm³/mol. The molecule has 1 aliphatic heterocycles. The first-order valence-electron chi connectivity index (χ1n) is 6.68. The van der Waals surface area contributed by atoms with E-state index in [2.05, 4.69) is 40.6 Å². The lowest BCUT2D eigenvalue weighted by Gasteiger charge is -2.13. The van der Waals surface area contributed by atoms with Crippen LogP contribution < -0.4 is 10.2 Å². The number of hydrogen-bond donors (Lipinski definition) is 1. The van der Waals surface area contributed by atoms with Crippen LogP contribution in [0.1, 0.15) is 18.9 Å². The molecule has 0 radical (unpaired) electrons. The van der Waals surface area contributed by atoms with Crippen molar-refractivity contribution in [3.8, 4) is 11.3 Å². The van der Waals surface area contributed by atoms with Gasteiger partial charge in [0, 0.05) is 42.8 Å². The molecule has 2 aromatic rings. The maximum atomic E-state index is 4.77. The third-order valence-corrected chi connectivity index (χ3v) is 4.33. The summed E-state index contributed by atoms with van der Waals surface area (Å²) in [6, 6.07) is 2.07. The van der Waals surface area contributed by atoms with Gasteiger partial charge in [0.05, 0.1) is 5.69 Å². The van der Waals surface area contributed by atoms with Crippen LogP contribution in [0.15, 0.2) is 17.6 Å². The molecular weight excluding hydrogens is 256 g/mol.